The molecule has 0 atom stereocenters. The zero-order valence-electron chi connectivity index (χ0n) is 20.8. The number of hydrazone groups is 1. The van der Waals surface area contributed by atoms with Gasteiger partial charge in [0.25, 0.3) is 5.91 Å². The molecule has 7 nitrogen and oxygen atoms in total. The van der Waals surface area contributed by atoms with Crippen molar-refractivity contribution >= 4 is 27.8 Å². The second kappa shape index (κ2) is 11.3. The van der Waals surface area contributed by atoms with Crippen LogP contribution in [0.25, 0.3) is 0 Å². The zero-order valence-corrected chi connectivity index (χ0v) is 21.6. The molecule has 0 spiro atoms. The number of aryl methyl sites for hydroxylation is 3. The molecule has 0 aromatic heterocycles. The fraction of sp³-hybridized carbons (Fsp3) is 0.259. The second-order valence-electron chi connectivity index (χ2n) is 8.77. The Bertz CT molecular complexity index is 1280. The molecule has 1 amide bonds. The summed E-state index contributed by atoms with van der Waals surface area (Å²) in [5.74, 6) is -0.520. The van der Waals surface area contributed by atoms with Crippen LogP contribution in [0.3, 0.4) is 0 Å². The van der Waals surface area contributed by atoms with Gasteiger partial charge in [0, 0.05) is 26.3 Å². The van der Waals surface area contributed by atoms with Gasteiger partial charge in [-0.15, -0.1) is 0 Å². The van der Waals surface area contributed by atoms with Crippen LogP contribution >= 0.6 is 0 Å². The van der Waals surface area contributed by atoms with Gasteiger partial charge in [0.15, 0.2) is 0 Å². The molecule has 0 unspecified atom stereocenters. The molecule has 0 aliphatic rings. The first-order valence-electron chi connectivity index (χ1n) is 11.3. The van der Waals surface area contributed by atoms with Crippen LogP contribution in [0.4, 0.5) is 5.69 Å². The van der Waals surface area contributed by atoms with E-state index in [1.54, 1.807) is 13.8 Å². The van der Waals surface area contributed by atoms with E-state index in [0.717, 1.165) is 22.4 Å². The smallest absolute Gasteiger partial charge is 0.255 e. The molecular weight excluding hydrogens is 460 g/mol. The Morgan fingerprint density at radius 3 is 2.11 bits per heavy atom. The molecule has 0 radical (unpaired) electrons. The average Bonchev–Trinajstić information content (AvgIpc) is 2.79. The van der Waals surface area contributed by atoms with E-state index in [1.165, 1.54) is 10.5 Å². The molecule has 0 fully saturated rings. The van der Waals surface area contributed by atoms with E-state index in [1.807, 2.05) is 92.6 Å². The maximum absolute atomic E-state index is 13.7. The summed E-state index contributed by atoms with van der Waals surface area (Å²) < 4.78 is 28.6. The molecule has 0 saturated carbocycles. The highest BCUT2D eigenvalue weighted by Gasteiger charge is 2.29. The van der Waals surface area contributed by atoms with Gasteiger partial charge in [-0.1, -0.05) is 60.2 Å². The number of nitrogens with zero attached hydrogens (tertiary/aromatic N) is 3. The molecule has 0 heterocycles. The number of hydrogen-bond acceptors (Lipinski definition) is 5. The summed E-state index contributed by atoms with van der Waals surface area (Å²) in [5, 5.41) is 4.02. The van der Waals surface area contributed by atoms with Crippen LogP contribution in [0, 0.1) is 20.8 Å². The monoisotopic (exact) mass is 492 g/mol. The van der Waals surface area contributed by atoms with Crippen molar-refractivity contribution in [1.29, 1.82) is 0 Å². The van der Waals surface area contributed by atoms with Crippen molar-refractivity contribution in [1.82, 2.24) is 9.73 Å². The lowest BCUT2D eigenvalue weighted by Gasteiger charge is -2.24. The molecule has 1 N–H and O–H groups in total. The van der Waals surface area contributed by atoms with Gasteiger partial charge in [0.05, 0.1) is 17.7 Å². The number of rotatable bonds is 9. The molecule has 0 saturated heterocycles. The fourth-order valence-corrected chi connectivity index (χ4v) is 5.74. The van der Waals surface area contributed by atoms with Crippen molar-refractivity contribution in [2.45, 2.75) is 32.2 Å². The Morgan fingerprint density at radius 1 is 0.943 bits per heavy atom. The number of carbonyl (C=O) groups excluding carboxylic acids is 1. The van der Waals surface area contributed by atoms with Crippen LogP contribution in [-0.2, 0) is 21.4 Å². The van der Waals surface area contributed by atoms with Crippen LogP contribution in [-0.4, -0.2) is 45.5 Å². The highest BCUT2D eigenvalue weighted by atomic mass is 32.2. The summed E-state index contributed by atoms with van der Waals surface area (Å²) in [6.07, 6.45) is 1.53. The normalized spacial score (nSPS) is 11.7. The predicted molar refractivity (Wildman–Crippen MR) is 141 cm³/mol. The third-order valence-corrected chi connectivity index (χ3v) is 7.63. The second-order valence-corrected chi connectivity index (χ2v) is 10.6. The number of anilines is 1. The van der Waals surface area contributed by atoms with Crippen molar-refractivity contribution in [3.05, 3.63) is 94.5 Å². The first-order chi connectivity index (χ1) is 16.6. The summed E-state index contributed by atoms with van der Waals surface area (Å²) in [5.41, 5.74) is 7.41. The summed E-state index contributed by atoms with van der Waals surface area (Å²) in [6.45, 7) is 5.19. The Kier molecular flexibility index (Phi) is 8.43. The summed E-state index contributed by atoms with van der Waals surface area (Å²) in [6, 6.07) is 20.6. The lowest BCUT2D eigenvalue weighted by molar-refractivity contribution is -0.121. The number of benzene rings is 3. The van der Waals surface area contributed by atoms with Gasteiger partial charge in [-0.2, -0.15) is 9.41 Å². The fourth-order valence-electron chi connectivity index (χ4n) is 3.95. The minimum absolute atomic E-state index is 0.0685. The molecule has 3 rings (SSSR count). The minimum atomic E-state index is -3.95. The van der Waals surface area contributed by atoms with Crippen molar-refractivity contribution in [2.24, 2.45) is 5.10 Å². The maximum Gasteiger partial charge on any atom is 0.255 e. The number of sulfonamides is 1. The highest BCUT2D eigenvalue weighted by Crippen LogP contribution is 2.26. The van der Waals surface area contributed by atoms with Gasteiger partial charge in [0.2, 0.25) is 10.0 Å². The Labute approximate surface area is 208 Å². The SMILES string of the molecule is Cc1cc(C)c(S(=O)(=O)N(CC(=O)N/N=C\c2ccc(N(C)C)cc2)Cc2ccccc2)c(C)c1. The van der Waals surface area contributed by atoms with Gasteiger partial charge in [-0.05, 0) is 55.2 Å². The van der Waals surface area contributed by atoms with Gasteiger partial charge < -0.3 is 4.90 Å². The number of hydrogen-bond donors (Lipinski definition) is 1. The first-order valence-corrected chi connectivity index (χ1v) is 12.7. The molecule has 0 aliphatic carbocycles. The standard InChI is InChI=1S/C27H32N4O3S/c1-20-15-21(2)27(22(3)16-20)35(33,34)31(18-24-9-7-6-8-10-24)19-26(32)29-28-17-23-11-13-25(14-12-23)30(4)5/h6-17H,18-19H2,1-5H3,(H,29,32)/b28-17-. The Morgan fingerprint density at radius 2 is 1.54 bits per heavy atom. The first kappa shape index (κ1) is 26.1. The molecule has 184 valence electrons. The van der Waals surface area contributed by atoms with Gasteiger partial charge in [0.1, 0.15) is 0 Å². The van der Waals surface area contributed by atoms with Gasteiger partial charge >= 0.3 is 0 Å². The van der Waals surface area contributed by atoms with E-state index < -0.39 is 15.9 Å². The van der Waals surface area contributed by atoms with Crippen molar-refractivity contribution < 1.29 is 13.2 Å². The summed E-state index contributed by atoms with van der Waals surface area (Å²) in [7, 11) is -0.0336. The number of amides is 1. The minimum Gasteiger partial charge on any atom is -0.378 e. The summed E-state index contributed by atoms with van der Waals surface area (Å²) in [4.78, 5) is 15.0. The third kappa shape index (κ3) is 6.77. The topological polar surface area (TPSA) is 82.1 Å². The number of carbonyl (C=O) groups is 1. The Balaban J connectivity index is 1.81. The molecule has 0 bridgehead atoms. The van der Waals surface area contributed by atoms with Crippen LogP contribution in [0.2, 0.25) is 0 Å². The molecule has 8 heteroatoms. The highest BCUT2D eigenvalue weighted by molar-refractivity contribution is 7.89. The average molecular weight is 493 g/mol. The van der Waals surface area contributed by atoms with Crippen molar-refractivity contribution in [2.75, 3.05) is 25.5 Å². The molecule has 0 aliphatic heterocycles. The maximum atomic E-state index is 13.7. The molecule has 35 heavy (non-hydrogen) atoms. The lowest BCUT2D eigenvalue weighted by Crippen LogP contribution is -2.39. The molecule has 3 aromatic rings. The predicted octanol–water partition coefficient (Wildman–Crippen LogP) is 4.02. The quantitative estimate of drug-likeness (QED) is 0.361. The van der Waals surface area contributed by atoms with Crippen LogP contribution in [0.15, 0.2) is 76.7 Å². The molecular formula is C27H32N4O3S. The van der Waals surface area contributed by atoms with E-state index in [9.17, 15) is 13.2 Å². The van der Waals surface area contributed by atoms with Crippen LogP contribution in [0.5, 0.6) is 0 Å². The van der Waals surface area contributed by atoms with Crippen LogP contribution < -0.4 is 10.3 Å². The molecule has 3 aromatic carbocycles. The lowest BCUT2D eigenvalue weighted by atomic mass is 10.1. The van der Waals surface area contributed by atoms with E-state index in [0.29, 0.717) is 11.1 Å². The van der Waals surface area contributed by atoms with E-state index in [4.69, 9.17) is 0 Å². The van der Waals surface area contributed by atoms with Crippen LogP contribution in [0.1, 0.15) is 27.8 Å². The van der Waals surface area contributed by atoms with Crippen molar-refractivity contribution in [3.8, 4) is 0 Å². The van der Waals surface area contributed by atoms with E-state index in [2.05, 4.69) is 10.5 Å². The zero-order chi connectivity index (χ0) is 25.6. The van der Waals surface area contributed by atoms with E-state index >= 15 is 0 Å². The third-order valence-electron chi connectivity index (χ3n) is 5.54. The number of nitrogens with one attached hydrogen (secondary N) is 1. The van der Waals surface area contributed by atoms with Gasteiger partial charge in [-0.25, -0.2) is 13.8 Å². The Hall–Kier alpha value is -3.49. The largest absolute Gasteiger partial charge is 0.378 e. The van der Waals surface area contributed by atoms with Crippen molar-refractivity contribution in [3.63, 3.8) is 0 Å². The van der Waals surface area contributed by atoms with E-state index in [-0.39, 0.29) is 18.0 Å². The summed E-state index contributed by atoms with van der Waals surface area (Å²) >= 11 is 0. The van der Waals surface area contributed by atoms with Gasteiger partial charge in [-0.3, -0.25) is 4.79 Å².